The predicted octanol–water partition coefficient (Wildman–Crippen LogP) is 1.92. The van der Waals surface area contributed by atoms with Crippen molar-refractivity contribution >= 4 is 0 Å². The fourth-order valence-corrected chi connectivity index (χ4v) is 3.58. The smallest absolute Gasteiger partial charge is 0.0120 e. The van der Waals surface area contributed by atoms with E-state index in [4.69, 9.17) is 5.73 Å². The summed E-state index contributed by atoms with van der Waals surface area (Å²) in [6, 6.07) is 1.94. The number of piperidine rings is 2. The van der Waals surface area contributed by atoms with Crippen LogP contribution in [0.1, 0.15) is 46.5 Å². The topological polar surface area (TPSA) is 32.5 Å². The molecule has 1 unspecified atom stereocenters. The zero-order valence-electron chi connectivity index (χ0n) is 12.4. The minimum atomic E-state index is 0.384. The van der Waals surface area contributed by atoms with Crippen LogP contribution < -0.4 is 5.73 Å². The van der Waals surface area contributed by atoms with Crippen LogP contribution in [0.5, 0.6) is 0 Å². The molecule has 1 atom stereocenters. The third kappa shape index (κ3) is 3.46. The van der Waals surface area contributed by atoms with E-state index in [0.717, 1.165) is 18.0 Å². The number of rotatable bonds is 3. The van der Waals surface area contributed by atoms with Gasteiger partial charge in [0.15, 0.2) is 0 Å². The summed E-state index contributed by atoms with van der Waals surface area (Å²) in [7, 11) is 0. The van der Waals surface area contributed by atoms with E-state index in [1.54, 1.807) is 0 Å². The Kier molecular flexibility index (Phi) is 5.05. The molecule has 0 aromatic heterocycles. The summed E-state index contributed by atoms with van der Waals surface area (Å²) in [4.78, 5) is 5.35. The maximum atomic E-state index is 6.02. The van der Waals surface area contributed by atoms with Crippen LogP contribution in [0.2, 0.25) is 0 Å². The first-order chi connectivity index (χ1) is 8.58. The lowest BCUT2D eigenvalue weighted by atomic mass is 9.89. The summed E-state index contributed by atoms with van der Waals surface area (Å²) < 4.78 is 0. The SMILES string of the molecule is CC(N)C1CCN(C2CCN(C(C)C)CC2)CC1. The number of nitrogens with zero attached hydrogens (tertiary/aromatic N) is 2. The van der Waals surface area contributed by atoms with Gasteiger partial charge in [-0.25, -0.2) is 0 Å². The van der Waals surface area contributed by atoms with Crippen LogP contribution >= 0.6 is 0 Å². The summed E-state index contributed by atoms with van der Waals surface area (Å²) in [6.07, 6.45) is 5.34. The molecule has 2 heterocycles. The molecule has 2 aliphatic rings. The highest BCUT2D eigenvalue weighted by Gasteiger charge is 2.29. The van der Waals surface area contributed by atoms with Crippen LogP contribution in [0.3, 0.4) is 0 Å². The Morgan fingerprint density at radius 2 is 1.44 bits per heavy atom. The molecule has 0 saturated carbocycles. The van der Waals surface area contributed by atoms with Crippen molar-refractivity contribution in [3.63, 3.8) is 0 Å². The lowest BCUT2D eigenvalue weighted by Gasteiger charge is -2.43. The molecule has 2 fully saturated rings. The van der Waals surface area contributed by atoms with E-state index in [9.17, 15) is 0 Å². The van der Waals surface area contributed by atoms with Gasteiger partial charge in [0.05, 0.1) is 0 Å². The zero-order chi connectivity index (χ0) is 13.1. The van der Waals surface area contributed by atoms with Gasteiger partial charge in [-0.3, -0.25) is 0 Å². The highest BCUT2D eigenvalue weighted by atomic mass is 15.2. The van der Waals surface area contributed by atoms with E-state index < -0.39 is 0 Å². The van der Waals surface area contributed by atoms with Crippen LogP contribution in [0.25, 0.3) is 0 Å². The first-order valence-electron chi connectivity index (χ1n) is 7.81. The maximum Gasteiger partial charge on any atom is 0.0120 e. The van der Waals surface area contributed by atoms with Gasteiger partial charge < -0.3 is 15.5 Å². The number of nitrogens with two attached hydrogens (primary N) is 1. The van der Waals surface area contributed by atoms with E-state index in [-0.39, 0.29) is 0 Å². The fraction of sp³-hybridized carbons (Fsp3) is 1.00. The van der Waals surface area contributed by atoms with E-state index >= 15 is 0 Å². The second kappa shape index (κ2) is 6.36. The second-order valence-corrected chi connectivity index (χ2v) is 6.59. The summed E-state index contributed by atoms with van der Waals surface area (Å²) in [5.74, 6) is 0.761. The Morgan fingerprint density at radius 3 is 1.89 bits per heavy atom. The van der Waals surface area contributed by atoms with Crippen LogP contribution in [0.4, 0.5) is 0 Å². The van der Waals surface area contributed by atoms with E-state index in [0.29, 0.717) is 6.04 Å². The summed E-state index contributed by atoms with van der Waals surface area (Å²) in [5.41, 5.74) is 6.02. The van der Waals surface area contributed by atoms with Gasteiger partial charge in [0.1, 0.15) is 0 Å². The van der Waals surface area contributed by atoms with Crippen molar-refractivity contribution in [2.75, 3.05) is 26.2 Å². The molecule has 0 amide bonds. The average molecular weight is 253 g/mol. The molecular weight excluding hydrogens is 222 g/mol. The largest absolute Gasteiger partial charge is 0.328 e. The third-order valence-corrected chi connectivity index (χ3v) is 5.06. The highest BCUT2D eigenvalue weighted by molar-refractivity contribution is 4.85. The quantitative estimate of drug-likeness (QED) is 0.834. The molecule has 2 rings (SSSR count). The molecule has 0 radical (unpaired) electrons. The van der Waals surface area contributed by atoms with Crippen LogP contribution in [-0.2, 0) is 0 Å². The van der Waals surface area contributed by atoms with Crippen molar-refractivity contribution in [2.24, 2.45) is 11.7 Å². The summed E-state index contributed by atoms with van der Waals surface area (Å²) in [5, 5.41) is 0. The van der Waals surface area contributed by atoms with Gasteiger partial charge in [-0.1, -0.05) is 0 Å². The van der Waals surface area contributed by atoms with E-state index in [2.05, 4.69) is 30.6 Å². The van der Waals surface area contributed by atoms with Crippen molar-refractivity contribution < 1.29 is 0 Å². The molecule has 0 bridgehead atoms. The molecule has 0 aromatic rings. The molecule has 3 heteroatoms. The maximum absolute atomic E-state index is 6.02. The Balaban J connectivity index is 1.75. The summed E-state index contributed by atoms with van der Waals surface area (Å²) in [6.45, 7) is 11.9. The standard InChI is InChI=1S/C15H31N3/c1-12(2)17-10-6-15(7-11-17)18-8-4-14(5-9-18)13(3)16/h12-15H,4-11,16H2,1-3H3. The molecule has 2 aliphatic heterocycles. The van der Waals surface area contributed by atoms with Crippen LogP contribution in [-0.4, -0.2) is 54.1 Å². The van der Waals surface area contributed by atoms with Crippen molar-refractivity contribution in [1.82, 2.24) is 9.80 Å². The monoisotopic (exact) mass is 253 g/mol. The number of hydrogen-bond donors (Lipinski definition) is 1. The van der Waals surface area contributed by atoms with Gasteiger partial charge in [0.25, 0.3) is 0 Å². The fourth-order valence-electron chi connectivity index (χ4n) is 3.58. The van der Waals surface area contributed by atoms with E-state index in [1.807, 2.05) is 0 Å². The molecule has 0 spiro atoms. The first kappa shape index (κ1) is 14.3. The van der Waals surface area contributed by atoms with Gasteiger partial charge in [-0.05, 0) is 78.6 Å². The Bertz CT molecular complexity index is 210. The molecule has 2 N–H and O–H groups in total. The lowest BCUT2D eigenvalue weighted by molar-refractivity contribution is 0.0644. The van der Waals surface area contributed by atoms with Crippen molar-refractivity contribution in [2.45, 2.75) is 64.6 Å². The highest BCUT2D eigenvalue weighted by Crippen LogP contribution is 2.25. The molecule has 3 nitrogen and oxygen atoms in total. The van der Waals surface area contributed by atoms with E-state index in [1.165, 1.54) is 51.9 Å². The molecule has 0 aliphatic carbocycles. The number of likely N-dealkylation sites (tertiary alicyclic amines) is 2. The van der Waals surface area contributed by atoms with Gasteiger partial charge in [0, 0.05) is 18.1 Å². The molecule has 106 valence electrons. The van der Waals surface area contributed by atoms with Gasteiger partial charge >= 0.3 is 0 Å². The third-order valence-electron chi connectivity index (χ3n) is 5.06. The summed E-state index contributed by atoms with van der Waals surface area (Å²) >= 11 is 0. The van der Waals surface area contributed by atoms with Crippen molar-refractivity contribution in [3.05, 3.63) is 0 Å². The molecule has 18 heavy (non-hydrogen) atoms. The minimum absolute atomic E-state index is 0.384. The number of hydrogen-bond acceptors (Lipinski definition) is 3. The minimum Gasteiger partial charge on any atom is -0.328 e. The Labute approximate surface area is 113 Å². The van der Waals surface area contributed by atoms with Crippen molar-refractivity contribution in [3.8, 4) is 0 Å². The second-order valence-electron chi connectivity index (χ2n) is 6.59. The van der Waals surface area contributed by atoms with Crippen LogP contribution in [0, 0.1) is 5.92 Å². The van der Waals surface area contributed by atoms with Gasteiger partial charge in [0.2, 0.25) is 0 Å². The lowest BCUT2D eigenvalue weighted by Crippen LogP contribution is -2.50. The average Bonchev–Trinajstić information content (AvgIpc) is 2.39. The normalized spacial score (nSPS) is 27.8. The Hall–Kier alpha value is -0.120. The molecule has 2 saturated heterocycles. The van der Waals surface area contributed by atoms with Gasteiger partial charge in [-0.15, -0.1) is 0 Å². The molecule has 0 aromatic carbocycles. The predicted molar refractivity (Wildman–Crippen MR) is 77.7 cm³/mol. The zero-order valence-corrected chi connectivity index (χ0v) is 12.4. The van der Waals surface area contributed by atoms with Crippen LogP contribution in [0.15, 0.2) is 0 Å². The molecular formula is C15H31N3. The first-order valence-corrected chi connectivity index (χ1v) is 7.81. The van der Waals surface area contributed by atoms with Gasteiger partial charge in [-0.2, -0.15) is 0 Å². The Morgan fingerprint density at radius 1 is 0.889 bits per heavy atom. The van der Waals surface area contributed by atoms with Crippen molar-refractivity contribution in [1.29, 1.82) is 0 Å².